The van der Waals surface area contributed by atoms with Crippen molar-refractivity contribution in [3.05, 3.63) is 70.9 Å². The standard InChI is InChI=1S/C27H30N6O2/c1-31-12-14-33(15-13-31)27-29-25-10-11-32(18-21-5-3-4-20(16-21)17-28)19-24(25)26(30-27)35-23-8-6-22(34-2)7-9-23/h3-9,16H,10-15,18-19H2,1-2H3. The summed E-state index contributed by atoms with van der Waals surface area (Å²) >= 11 is 0. The van der Waals surface area contributed by atoms with Gasteiger partial charge in [-0.25, -0.2) is 4.98 Å². The van der Waals surface area contributed by atoms with Crippen LogP contribution in [0.5, 0.6) is 17.4 Å². The number of likely N-dealkylation sites (N-methyl/N-ethyl adjacent to an activating group) is 1. The number of fused-ring (bicyclic) bond motifs is 1. The van der Waals surface area contributed by atoms with Crippen molar-refractivity contribution in [3.8, 4) is 23.4 Å². The van der Waals surface area contributed by atoms with Crippen LogP contribution >= 0.6 is 0 Å². The molecular weight excluding hydrogens is 440 g/mol. The molecule has 0 saturated carbocycles. The second kappa shape index (κ2) is 10.3. The zero-order chi connectivity index (χ0) is 24.2. The number of rotatable bonds is 6. The molecule has 0 atom stereocenters. The average Bonchev–Trinajstić information content (AvgIpc) is 2.90. The van der Waals surface area contributed by atoms with Gasteiger partial charge >= 0.3 is 0 Å². The maximum atomic E-state index is 9.24. The summed E-state index contributed by atoms with van der Waals surface area (Å²) in [5, 5.41) is 9.24. The van der Waals surface area contributed by atoms with Crippen LogP contribution in [-0.2, 0) is 19.5 Å². The molecule has 2 aliphatic heterocycles. The second-order valence-electron chi connectivity index (χ2n) is 9.09. The van der Waals surface area contributed by atoms with Gasteiger partial charge < -0.3 is 19.3 Å². The Kier molecular flexibility index (Phi) is 6.80. The first-order chi connectivity index (χ1) is 17.1. The number of hydrogen-bond acceptors (Lipinski definition) is 8. The predicted octanol–water partition coefficient (Wildman–Crippen LogP) is 3.46. The van der Waals surface area contributed by atoms with E-state index in [-0.39, 0.29) is 0 Å². The summed E-state index contributed by atoms with van der Waals surface area (Å²) < 4.78 is 11.6. The van der Waals surface area contributed by atoms with Crippen molar-refractivity contribution in [3.63, 3.8) is 0 Å². The van der Waals surface area contributed by atoms with Crippen molar-refractivity contribution >= 4 is 5.95 Å². The molecule has 0 N–H and O–H groups in total. The first-order valence-electron chi connectivity index (χ1n) is 12.0. The van der Waals surface area contributed by atoms with E-state index in [4.69, 9.17) is 19.4 Å². The van der Waals surface area contributed by atoms with Crippen molar-refractivity contribution < 1.29 is 9.47 Å². The third-order valence-corrected chi connectivity index (χ3v) is 6.61. The third-order valence-electron chi connectivity index (χ3n) is 6.61. The molecule has 1 saturated heterocycles. The summed E-state index contributed by atoms with van der Waals surface area (Å²) in [6.07, 6.45) is 0.829. The quantitative estimate of drug-likeness (QED) is 0.542. The van der Waals surface area contributed by atoms with Crippen molar-refractivity contribution in [2.75, 3.05) is 51.8 Å². The summed E-state index contributed by atoms with van der Waals surface area (Å²) in [5.41, 5.74) is 3.89. The van der Waals surface area contributed by atoms with Crippen LogP contribution in [0.1, 0.15) is 22.4 Å². The first-order valence-corrected chi connectivity index (χ1v) is 12.0. The highest BCUT2D eigenvalue weighted by Crippen LogP contribution is 2.32. The highest BCUT2D eigenvalue weighted by Gasteiger charge is 2.26. The van der Waals surface area contributed by atoms with Gasteiger partial charge in [-0.2, -0.15) is 10.2 Å². The van der Waals surface area contributed by atoms with Crippen molar-refractivity contribution in [1.82, 2.24) is 19.8 Å². The van der Waals surface area contributed by atoms with Crippen molar-refractivity contribution in [2.45, 2.75) is 19.5 Å². The predicted molar refractivity (Wildman–Crippen MR) is 134 cm³/mol. The fraction of sp³-hybridized carbons (Fsp3) is 0.370. The van der Waals surface area contributed by atoms with E-state index in [1.807, 2.05) is 42.5 Å². The zero-order valence-corrected chi connectivity index (χ0v) is 20.3. The van der Waals surface area contributed by atoms with Crippen LogP contribution in [0.25, 0.3) is 0 Å². The molecule has 1 aromatic heterocycles. The number of nitrogens with zero attached hydrogens (tertiary/aromatic N) is 6. The summed E-state index contributed by atoms with van der Waals surface area (Å²) in [5.74, 6) is 2.86. The number of hydrogen-bond donors (Lipinski definition) is 0. The summed E-state index contributed by atoms with van der Waals surface area (Å²) in [6.45, 7) is 6.13. The molecular formula is C27H30N6O2. The molecule has 5 rings (SSSR count). The van der Waals surface area contributed by atoms with Gasteiger partial charge in [0, 0.05) is 52.2 Å². The number of anilines is 1. The lowest BCUT2D eigenvalue weighted by Gasteiger charge is -2.34. The van der Waals surface area contributed by atoms with Gasteiger partial charge in [0.05, 0.1) is 30.0 Å². The van der Waals surface area contributed by atoms with Crippen LogP contribution in [0.4, 0.5) is 5.95 Å². The number of methoxy groups -OCH3 is 1. The smallest absolute Gasteiger partial charge is 0.228 e. The number of ether oxygens (including phenoxy) is 2. The SMILES string of the molecule is COc1ccc(Oc2nc(N3CCN(C)CC3)nc3c2CN(Cc2cccc(C#N)c2)CC3)cc1. The Hall–Kier alpha value is -3.67. The topological polar surface area (TPSA) is 77.8 Å². The largest absolute Gasteiger partial charge is 0.497 e. The molecule has 1 fully saturated rings. The van der Waals surface area contributed by atoms with E-state index in [0.717, 1.165) is 80.0 Å². The number of nitriles is 1. The monoisotopic (exact) mass is 470 g/mol. The minimum atomic E-state index is 0.615. The number of piperazine rings is 1. The molecule has 8 nitrogen and oxygen atoms in total. The molecule has 8 heteroatoms. The lowest BCUT2D eigenvalue weighted by atomic mass is 10.0. The van der Waals surface area contributed by atoms with Crippen LogP contribution in [0.15, 0.2) is 48.5 Å². The summed E-state index contributed by atoms with van der Waals surface area (Å²) in [7, 11) is 3.80. The van der Waals surface area contributed by atoms with Crippen molar-refractivity contribution in [1.29, 1.82) is 5.26 Å². The van der Waals surface area contributed by atoms with Crippen LogP contribution < -0.4 is 14.4 Å². The van der Waals surface area contributed by atoms with Gasteiger partial charge in [0.15, 0.2) is 0 Å². The first kappa shape index (κ1) is 23.1. The number of benzene rings is 2. The Balaban J connectivity index is 1.43. The Bertz CT molecular complexity index is 1220. The molecule has 0 bridgehead atoms. The molecule has 0 radical (unpaired) electrons. The van der Waals surface area contributed by atoms with Gasteiger partial charge in [0.1, 0.15) is 11.5 Å². The molecule has 180 valence electrons. The Morgan fingerprint density at radius 1 is 0.971 bits per heavy atom. The normalized spacial score (nSPS) is 16.4. The van der Waals surface area contributed by atoms with Gasteiger partial charge in [0.2, 0.25) is 11.8 Å². The minimum Gasteiger partial charge on any atom is -0.497 e. The van der Waals surface area contributed by atoms with Gasteiger partial charge in [-0.15, -0.1) is 0 Å². The Labute approximate surface area is 206 Å². The summed E-state index contributed by atoms with van der Waals surface area (Å²) in [4.78, 5) is 16.8. The molecule has 3 heterocycles. The average molecular weight is 471 g/mol. The molecule has 0 unspecified atom stereocenters. The van der Waals surface area contributed by atoms with E-state index < -0.39 is 0 Å². The molecule has 0 amide bonds. The van der Waals surface area contributed by atoms with E-state index in [9.17, 15) is 5.26 Å². The van der Waals surface area contributed by atoms with Gasteiger partial charge in [-0.05, 0) is 49.0 Å². The molecule has 3 aromatic rings. The second-order valence-corrected chi connectivity index (χ2v) is 9.09. The zero-order valence-electron chi connectivity index (χ0n) is 20.3. The Morgan fingerprint density at radius 3 is 2.49 bits per heavy atom. The van der Waals surface area contributed by atoms with Gasteiger partial charge in [-0.3, -0.25) is 4.90 Å². The highest BCUT2D eigenvalue weighted by molar-refractivity contribution is 5.44. The lowest BCUT2D eigenvalue weighted by Crippen LogP contribution is -2.45. The Morgan fingerprint density at radius 2 is 1.74 bits per heavy atom. The molecule has 0 spiro atoms. The van der Waals surface area contributed by atoms with E-state index in [1.165, 1.54) is 0 Å². The van der Waals surface area contributed by atoms with Crippen LogP contribution in [0.2, 0.25) is 0 Å². The van der Waals surface area contributed by atoms with Crippen LogP contribution in [0.3, 0.4) is 0 Å². The summed E-state index contributed by atoms with van der Waals surface area (Å²) in [6, 6.07) is 17.6. The van der Waals surface area contributed by atoms with Gasteiger partial charge in [-0.1, -0.05) is 12.1 Å². The maximum absolute atomic E-state index is 9.24. The van der Waals surface area contributed by atoms with Crippen molar-refractivity contribution in [2.24, 2.45) is 0 Å². The lowest BCUT2D eigenvalue weighted by molar-refractivity contribution is 0.238. The van der Waals surface area contributed by atoms with Crippen LogP contribution in [0, 0.1) is 11.3 Å². The molecule has 2 aliphatic rings. The molecule has 0 aliphatic carbocycles. The molecule has 35 heavy (non-hydrogen) atoms. The minimum absolute atomic E-state index is 0.615. The highest BCUT2D eigenvalue weighted by atomic mass is 16.5. The van der Waals surface area contributed by atoms with Gasteiger partial charge in [0.25, 0.3) is 0 Å². The molecule has 2 aromatic carbocycles. The van der Waals surface area contributed by atoms with E-state index in [2.05, 4.69) is 33.9 Å². The van der Waals surface area contributed by atoms with E-state index in [1.54, 1.807) is 7.11 Å². The van der Waals surface area contributed by atoms with Crippen LogP contribution in [-0.4, -0.2) is 66.6 Å². The van der Waals surface area contributed by atoms with E-state index in [0.29, 0.717) is 18.0 Å². The fourth-order valence-electron chi connectivity index (χ4n) is 4.55. The van der Waals surface area contributed by atoms with E-state index >= 15 is 0 Å². The fourth-order valence-corrected chi connectivity index (χ4v) is 4.55. The maximum Gasteiger partial charge on any atom is 0.228 e. The third kappa shape index (κ3) is 5.37. The number of aromatic nitrogens is 2.